The Labute approximate surface area is 512 Å². The van der Waals surface area contributed by atoms with E-state index in [0.29, 0.717) is 75.1 Å². The van der Waals surface area contributed by atoms with Crippen LogP contribution >= 0.6 is 0 Å². The van der Waals surface area contributed by atoms with Crippen LogP contribution in [0.15, 0.2) is 83.9 Å². The molecule has 2 unspecified atom stereocenters. The van der Waals surface area contributed by atoms with Gasteiger partial charge in [0.15, 0.2) is 5.82 Å². The Hall–Kier alpha value is -8.60. The van der Waals surface area contributed by atoms with E-state index in [-0.39, 0.29) is 127 Å². The number of aliphatic carboxylic acids is 1. The molecule has 4 N–H and O–H groups in total. The molecular weight excluding hydrogens is 1170 g/mol. The van der Waals surface area contributed by atoms with Gasteiger partial charge in [0.25, 0.3) is 0 Å². The fraction of sp³-hybridized carbons (Fsp3) is 0.400. The molecule has 5 aromatic carbocycles. The normalized spacial score (nSPS) is 21.1. The number of nitrogens with zero attached hydrogens (tertiary/aromatic N) is 8. The van der Waals surface area contributed by atoms with E-state index in [1.165, 1.54) is 47.9 Å². The Morgan fingerprint density at radius 1 is 0.989 bits per heavy atom. The van der Waals surface area contributed by atoms with Crippen LogP contribution in [0.2, 0.25) is 0 Å². The third-order valence-corrected chi connectivity index (χ3v) is 19.7. The zero-order valence-electron chi connectivity index (χ0n) is 49.9. The number of phenolic OH excluding ortho intramolecular Hbond substituents is 1. The zero-order chi connectivity index (χ0) is 62.5. The van der Waals surface area contributed by atoms with Crippen LogP contribution in [0, 0.1) is 30.9 Å². The van der Waals surface area contributed by atoms with Gasteiger partial charge in [0.05, 0.1) is 44.5 Å². The van der Waals surface area contributed by atoms with Crippen molar-refractivity contribution in [3.05, 3.63) is 124 Å². The smallest absolute Gasteiger partial charge is 0.317 e. The standard InChI is InChI=1S/C65H68F2N10O11S/c1-7-47-51(66)15-11-39-26-45(78)29-49(57(39)47)60-58(67)61-50(32-69-60)59(41-24-43-12-13-44(25-41)70-43)71-64(72-61)87-35-65(17-8-19-75(65)4)63(81)68-18-20-85-21-22-86-46-14-16-55-53(30-46)88-37(3)33-77(89(55,82)83)34-42-23-38(10-9-36(42)2)48(31-56(79)80)40-27-52-62(54(28-40)84-6)76(5)74-73-52/h1,9-11,14-16,23,26-30,32,37,41,43-44,48,70,78H,8,12-13,17-22,24-25,31,33-35H2,2-6H3,(H,68,81)(H,79,80)/t37-,41?,43-,44+,48?,65+/m1/s1. The molecule has 1 amide bonds. The summed E-state index contributed by atoms with van der Waals surface area (Å²) in [4.78, 5) is 42.6. The lowest BCUT2D eigenvalue weighted by Crippen LogP contribution is -2.58. The number of likely N-dealkylation sites (tertiary alicyclic amines) is 1. The number of carboxylic acid groups (broad SMARTS) is 1. The molecular formula is C65H68F2N10O11S. The maximum atomic E-state index is 17.3. The number of pyridine rings is 1. The molecule has 8 aromatic rings. The molecule has 0 aliphatic carbocycles. The number of carboxylic acids is 1. The van der Waals surface area contributed by atoms with Crippen LogP contribution in [0.5, 0.6) is 29.0 Å². The number of halogens is 2. The van der Waals surface area contributed by atoms with Crippen LogP contribution in [0.4, 0.5) is 8.78 Å². The number of phenols is 1. The molecule has 3 fully saturated rings. The summed E-state index contributed by atoms with van der Waals surface area (Å²) in [7, 11) is 0.996. The monoisotopic (exact) mass is 1230 g/mol. The van der Waals surface area contributed by atoms with Crippen molar-refractivity contribution in [1.82, 2.24) is 49.8 Å². The Morgan fingerprint density at radius 3 is 2.55 bits per heavy atom. The third-order valence-electron chi connectivity index (χ3n) is 17.8. The summed E-state index contributed by atoms with van der Waals surface area (Å²) in [5, 5.41) is 36.9. The summed E-state index contributed by atoms with van der Waals surface area (Å²) in [6.07, 6.45) is 11.2. The number of likely N-dealkylation sites (N-methyl/N-ethyl adjacent to an activating group) is 1. The second-order valence-corrected chi connectivity index (χ2v) is 25.5. The van der Waals surface area contributed by atoms with Crippen LogP contribution < -0.4 is 29.6 Å². The van der Waals surface area contributed by atoms with Gasteiger partial charge >= 0.3 is 12.0 Å². The number of hydrogen-bond acceptors (Lipinski definition) is 17. The zero-order valence-corrected chi connectivity index (χ0v) is 50.7. The molecule has 4 aliphatic rings. The van der Waals surface area contributed by atoms with E-state index in [1.807, 2.05) is 37.1 Å². The largest absolute Gasteiger partial charge is 0.508 e. The quantitative estimate of drug-likeness (QED) is 0.0416. The molecule has 2 bridgehead atoms. The fourth-order valence-electron chi connectivity index (χ4n) is 13.3. The van der Waals surface area contributed by atoms with Gasteiger partial charge < -0.3 is 44.5 Å². The number of carbonyl (C=O) groups excluding carboxylic acids is 1. The summed E-state index contributed by atoms with van der Waals surface area (Å²) >= 11 is 0. The van der Waals surface area contributed by atoms with E-state index in [9.17, 15) is 28.2 Å². The highest BCUT2D eigenvalue weighted by atomic mass is 32.2. The minimum atomic E-state index is -4.12. The predicted octanol–water partition coefficient (Wildman–Crippen LogP) is 8.04. The van der Waals surface area contributed by atoms with Crippen molar-refractivity contribution in [3.8, 4) is 52.6 Å². The fourth-order valence-corrected chi connectivity index (χ4v) is 14.9. The molecule has 0 radical (unpaired) electrons. The number of carbonyl (C=O) groups is 2. The number of rotatable bonds is 20. The van der Waals surface area contributed by atoms with Gasteiger partial charge in [-0.25, -0.2) is 21.9 Å². The number of ether oxygens (including phenoxy) is 5. The van der Waals surface area contributed by atoms with Gasteiger partial charge in [-0.1, -0.05) is 35.4 Å². The van der Waals surface area contributed by atoms with Crippen molar-refractivity contribution >= 4 is 54.6 Å². The number of piperidine rings is 1. The van der Waals surface area contributed by atoms with Gasteiger partial charge in [-0.15, -0.1) is 11.5 Å². The number of sulfonamides is 1. The molecule has 3 aromatic heterocycles. The topological polar surface area (TPSA) is 255 Å². The van der Waals surface area contributed by atoms with E-state index in [0.717, 1.165) is 31.2 Å². The van der Waals surface area contributed by atoms with Crippen molar-refractivity contribution in [2.75, 3.05) is 60.2 Å². The molecule has 24 heteroatoms. The average Bonchev–Trinajstić information content (AvgIpc) is 1.17. The summed E-state index contributed by atoms with van der Waals surface area (Å²) < 4.78 is 94.5. The van der Waals surface area contributed by atoms with Gasteiger partial charge in [0, 0.05) is 72.7 Å². The molecule has 0 spiro atoms. The molecule has 12 rings (SSSR count). The van der Waals surface area contributed by atoms with Crippen molar-refractivity contribution in [2.24, 2.45) is 7.05 Å². The molecule has 6 atom stereocenters. The number of aromatic nitrogens is 6. The Balaban J connectivity index is 0.689. The number of fused-ring (bicyclic) bond motifs is 6. The Kier molecular flexibility index (Phi) is 16.9. The second-order valence-electron chi connectivity index (χ2n) is 23.6. The van der Waals surface area contributed by atoms with Gasteiger partial charge in [-0.2, -0.15) is 14.3 Å². The van der Waals surface area contributed by atoms with Crippen LogP contribution in [0.25, 0.3) is 44.0 Å². The average molecular weight is 1240 g/mol. The second kappa shape index (κ2) is 24.8. The lowest BCUT2D eigenvalue weighted by atomic mass is 9.86. The van der Waals surface area contributed by atoms with E-state index in [1.54, 1.807) is 42.9 Å². The van der Waals surface area contributed by atoms with Gasteiger partial charge in [-0.05, 0) is 136 Å². The number of terminal acetylenes is 1. The number of benzene rings is 5. The highest BCUT2D eigenvalue weighted by Crippen LogP contribution is 2.44. The summed E-state index contributed by atoms with van der Waals surface area (Å²) in [6, 6.07) is 19.5. The maximum Gasteiger partial charge on any atom is 0.317 e. The first-order chi connectivity index (χ1) is 42.8. The predicted molar refractivity (Wildman–Crippen MR) is 326 cm³/mol. The molecule has 4 aliphatic heterocycles. The molecule has 7 heterocycles. The lowest BCUT2D eigenvalue weighted by molar-refractivity contribution is -0.137. The Bertz CT molecular complexity index is 4250. The van der Waals surface area contributed by atoms with Crippen molar-refractivity contribution in [1.29, 1.82) is 0 Å². The number of hydrogen-bond donors (Lipinski definition) is 4. The van der Waals surface area contributed by atoms with Crippen molar-refractivity contribution < 1.29 is 60.7 Å². The van der Waals surface area contributed by atoms with Crippen LogP contribution in [-0.4, -0.2) is 154 Å². The molecule has 21 nitrogen and oxygen atoms in total. The molecule has 464 valence electrons. The first-order valence-corrected chi connectivity index (χ1v) is 31.1. The SMILES string of the molecule is C#Cc1c(F)ccc2cc(O)cc(-c3ncc4c(C5C[C@H]6CC[C@@H](C5)N6)nc(OC[C@]5(C(=O)NCCOCCOc6ccc7c(c6)O[C@H](C)CN(Cc6cc(C(CC(=O)O)c8cc(OC)c9c(c8)nnn9C)ccc6C)S7(=O)=O)CCCN5C)nc4c3F)c12. The third kappa shape index (κ3) is 11.8. The summed E-state index contributed by atoms with van der Waals surface area (Å²) in [5.41, 5.74) is 3.24. The highest BCUT2D eigenvalue weighted by molar-refractivity contribution is 7.89. The molecule has 3 saturated heterocycles. The number of methoxy groups -OCH3 is 1. The lowest BCUT2D eigenvalue weighted by Gasteiger charge is -2.34. The van der Waals surface area contributed by atoms with Crippen molar-refractivity contribution in [2.45, 2.75) is 106 Å². The van der Waals surface area contributed by atoms with Crippen LogP contribution in [0.1, 0.15) is 97.2 Å². The minimum absolute atomic E-state index is 0.00499. The molecule has 0 saturated carbocycles. The minimum Gasteiger partial charge on any atom is -0.508 e. The van der Waals surface area contributed by atoms with Gasteiger partial charge in [-0.3, -0.25) is 19.5 Å². The highest BCUT2D eigenvalue weighted by Gasteiger charge is 2.47. The van der Waals surface area contributed by atoms with Gasteiger partial charge in [0.1, 0.15) is 80.8 Å². The number of amides is 1. The van der Waals surface area contributed by atoms with E-state index >= 15 is 8.78 Å². The van der Waals surface area contributed by atoms with E-state index < -0.39 is 45.2 Å². The number of nitrogens with one attached hydrogen (secondary N) is 2. The number of aryl methyl sites for hydroxylation is 2. The first kappa shape index (κ1) is 60.7. The summed E-state index contributed by atoms with van der Waals surface area (Å²) in [5.74, 6) is -0.338. The maximum absolute atomic E-state index is 17.3. The molecule has 89 heavy (non-hydrogen) atoms. The summed E-state index contributed by atoms with van der Waals surface area (Å²) in [6.45, 7) is 4.68. The van der Waals surface area contributed by atoms with Gasteiger partial charge in [0.2, 0.25) is 15.9 Å². The van der Waals surface area contributed by atoms with E-state index in [4.69, 9.17) is 35.1 Å². The van der Waals surface area contributed by atoms with Crippen molar-refractivity contribution in [3.63, 3.8) is 0 Å². The van der Waals surface area contributed by atoms with E-state index in [2.05, 4.69) is 36.8 Å². The van der Waals surface area contributed by atoms with Crippen LogP contribution in [0.3, 0.4) is 0 Å². The first-order valence-electron chi connectivity index (χ1n) is 29.7. The van der Waals surface area contributed by atoms with Crippen LogP contribution in [-0.2, 0) is 37.9 Å². The number of aromatic hydroxyl groups is 1. The Morgan fingerprint density at radius 2 is 1.80 bits per heavy atom.